The second kappa shape index (κ2) is 10.5. The fraction of sp³-hybridized carbons (Fsp3) is 0.500. The van der Waals surface area contributed by atoms with Crippen LogP contribution in [0.4, 0.5) is 0 Å². The van der Waals surface area contributed by atoms with Gasteiger partial charge < -0.3 is 24.8 Å². The van der Waals surface area contributed by atoms with Crippen molar-refractivity contribution in [3.05, 3.63) is 24.5 Å². The summed E-state index contributed by atoms with van der Waals surface area (Å²) >= 11 is 0. The van der Waals surface area contributed by atoms with Crippen LogP contribution in [0.1, 0.15) is 24.7 Å². The highest BCUT2D eigenvalue weighted by atomic mass is 16.5. The van der Waals surface area contributed by atoms with Crippen molar-refractivity contribution in [2.45, 2.75) is 24.9 Å². The number of hydrogen-bond donors (Lipinski definition) is 3. The van der Waals surface area contributed by atoms with Crippen LogP contribution in [0, 0.1) is 0 Å². The van der Waals surface area contributed by atoms with Gasteiger partial charge in [0.05, 0.1) is 24.8 Å². The lowest BCUT2D eigenvalue weighted by Crippen LogP contribution is -2.50. The molecular weight excluding hydrogens is 412 g/mol. The number of aliphatic carboxylic acids is 2. The molecule has 31 heavy (non-hydrogen) atoms. The van der Waals surface area contributed by atoms with E-state index >= 15 is 0 Å². The normalized spacial score (nSPS) is 18.5. The van der Waals surface area contributed by atoms with E-state index in [1.54, 1.807) is 18.6 Å². The molecule has 3 N–H and O–H groups in total. The largest absolute Gasteiger partial charge is 0.473 e. The zero-order valence-electron chi connectivity index (χ0n) is 16.5. The zero-order chi connectivity index (χ0) is 22.2. The van der Waals surface area contributed by atoms with Crippen molar-refractivity contribution in [2.75, 3.05) is 32.8 Å². The predicted octanol–water partition coefficient (Wildman–Crippen LogP) is -0.623. The second-order valence-electron chi connectivity index (χ2n) is 6.99. The molecule has 2 saturated heterocycles. The fourth-order valence-electron chi connectivity index (χ4n) is 3.07. The summed E-state index contributed by atoms with van der Waals surface area (Å²) in [5, 5.41) is 21.7. The van der Waals surface area contributed by atoms with Crippen molar-refractivity contribution in [2.24, 2.45) is 0 Å². The van der Waals surface area contributed by atoms with Gasteiger partial charge in [0, 0.05) is 38.6 Å². The molecule has 2 aliphatic heterocycles. The Bertz CT molecular complexity index is 882. The minimum Gasteiger partial charge on any atom is -0.473 e. The third-order valence-electron chi connectivity index (χ3n) is 4.64. The average molecular weight is 434 g/mol. The number of carbonyl (C=O) groups excluding carboxylic acids is 1. The number of ether oxygens (including phenoxy) is 1. The lowest BCUT2D eigenvalue weighted by molar-refractivity contribution is -0.159. The van der Waals surface area contributed by atoms with E-state index in [1.165, 1.54) is 0 Å². The molecule has 4 rings (SSSR count). The van der Waals surface area contributed by atoms with E-state index in [0.717, 1.165) is 32.5 Å². The number of carboxylic acids is 2. The lowest BCUT2D eigenvalue weighted by atomic mass is 10.0. The van der Waals surface area contributed by atoms with Crippen LogP contribution in [0.2, 0.25) is 0 Å². The first-order chi connectivity index (χ1) is 14.9. The number of nitrogens with zero attached hydrogens (tertiary/aromatic N) is 5. The summed E-state index contributed by atoms with van der Waals surface area (Å²) in [6, 6.07) is 0. The van der Waals surface area contributed by atoms with Crippen molar-refractivity contribution < 1.29 is 33.9 Å². The van der Waals surface area contributed by atoms with Crippen LogP contribution in [0.5, 0.6) is 0 Å². The first-order valence-electron chi connectivity index (χ1n) is 9.59. The molecule has 13 heteroatoms. The third-order valence-corrected chi connectivity index (χ3v) is 4.64. The number of nitrogens with one attached hydrogen (secondary N) is 1. The molecule has 0 spiro atoms. The SMILES string of the molecule is O=C(CN1CC(c2nc(-c3cnccn3)no2)C1)NCC1CCCO1.O=C(O)C(=O)O. The maximum atomic E-state index is 12.0. The van der Waals surface area contributed by atoms with Crippen molar-refractivity contribution in [1.82, 2.24) is 30.3 Å². The van der Waals surface area contributed by atoms with Gasteiger partial charge in [-0.15, -0.1) is 0 Å². The molecule has 0 radical (unpaired) electrons. The first kappa shape index (κ1) is 22.2. The summed E-state index contributed by atoms with van der Waals surface area (Å²) < 4.78 is 10.8. The van der Waals surface area contributed by atoms with Crippen molar-refractivity contribution in [3.63, 3.8) is 0 Å². The van der Waals surface area contributed by atoms with Crippen LogP contribution in [-0.4, -0.2) is 92.0 Å². The lowest BCUT2D eigenvalue weighted by Gasteiger charge is -2.36. The van der Waals surface area contributed by atoms with E-state index in [9.17, 15) is 4.79 Å². The van der Waals surface area contributed by atoms with E-state index in [2.05, 4.69) is 30.3 Å². The Hall–Kier alpha value is -3.45. The third kappa shape index (κ3) is 6.52. The topological polar surface area (TPSA) is 181 Å². The minimum atomic E-state index is -1.82. The Labute approximate surface area is 176 Å². The van der Waals surface area contributed by atoms with Crippen LogP contribution >= 0.6 is 0 Å². The Balaban J connectivity index is 0.000000401. The number of aromatic nitrogens is 4. The van der Waals surface area contributed by atoms with E-state index in [4.69, 9.17) is 29.1 Å². The van der Waals surface area contributed by atoms with Gasteiger partial charge in [0.2, 0.25) is 17.6 Å². The number of carboxylic acid groups (broad SMARTS) is 2. The molecule has 13 nitrogen and oxygen atoms in total. The minimum absolute atomic E-state index is 0.0275. The highest BCUT2D eigenvalue weighted by molar-refractivity contribution is 6.27. The smallest absolute Gasteiger partial charge is 0.414 e. The predicted molar refractivity (Wildman–Crippen MR) is 102 cm³/mol. The molecule has 2 aromatic rings. The van der Waals surface area contributed by atoms with Gasteiger partial charge >= 0.3 is 11.9 Å². The van der Waals surface area contributed by atoms with E-state index in [-0.39, 0.29) is 17.9 Å². The first-order valence-corrected chi connectivity index (χ1v) is 9.59. The second-order valence-corrected chi connectivity index (χ2v) is 6.99. The van der Waals surface area contributed by atoms with Gasteiger partial charge in [-0.3, -0.25) is 14.7 Å². The zero-order valence-corrected chi connectivity index (χ0v) is 16.5. The van der Waals surface area contributed by atoms with Crippen LogP contribution < -0.4 is 5.32 Å². The average Bonchev–Trinajstić information content (AvgIpc) is 3.42. The van der Waals surface area contributed by atoms with Crippen LogP contribution in [-0.2, 0) is 19.1 Å². The molecule has 2 aromatic heterocycles. The molecule has 1 atom stereocenters. The Kier molecular flexibility index (Phi) is 7.56. The Morgan fingerprint density at radius 1 is 1.19 bits per heavy atom. The molecule has 166 valence electrons. The molecule has 0 bridgehead atoms. The monoisotopic (exact) mass is 434 g/mol. The van der Waals surface area contributed by atoms with Gasteiger partial charge in [-0.05, 0) is 12.8 Å². The summed E-state index contributed by atoms with van der Waals surface area (Å²) in [5.41, 5.74) is 0.585. The van der Waals surface area contributed by atoms with Crippen LogP contribution in [0.25, 0.3) is 11.5 Å². The summed E-state index contributed by atoms with van der Waals surface area (Å²) in [5.74, 6) is -2.44. The highest BCUT2D eigenvalue weighted by Crippen LogP contribution is 2.26. The van der Waals surface area contributed by atoms with Crippen molar-refractivity contribution >= 4 is 17.8 Å². The molecule has 2 aliphatic rings. The summed E-state index contributed by atoms with van der Waals surface area (Å²) in [4.78, 5) is 44.7. The van der Waals surface area contributed by atoms with Gasteiger partial charge in [0.1, 0.15) is 5.69 Å². The van der Waals surface area contributed by atoms with Gasteiger partial charge in [-0.25, -0.2) is 14.6 Å². The molecule has 0 saturated carbocycles. The number of rotatable bonds is 6. The molecular formula is C18H22N6O7. The maximum Gasteiger partial charge on any atom is 0.414 e. The Morgan fingerprint density at radius 3 is 2.58 bits per heavy atom. The van der Waals surface area contributed by atoms with E-state index < -0.39 is 11.9 Å². The van der Waals surface area contributed by atoms with Gasteiger partial charge in [-0.2, -0.15) is 4.98 Å². The van der Waals surface area contributed by atoms with Crippen molar-refractivity contribution in [1.29, 1.82) is 0 Å². The molecule has 4 heterocycles. The summed E-state index contributed by atoms with van der Waals surface area (Å²) in [7, 11) is 0. The fourth-order valence-corrected chi connectivity index (χ4v) is 3.07. The van der Waals surface area contributed by atoms with E-state index in [0.29, 0.717) is 30.5 Å². The molecule has 1 amide bonds. The number of carbonyl (C=O) groups is 3. The molecule has 0 aromatic carbocycles. The quantitative estimate of drug-likeness (QED) is 0.491. The standard InChI is InChI=1S/C16H20N6O3.C2H2O4/c23-14(19-6-12-2-1-5-24-12)10-22-8-11(9-22)16-20-15(21-25-16)13-7-17-3-4-18-13;3-1(4)2(5)6/h3-4,7,11-12H,1-2,5-6,8-10H2,(H,19,23);(H,3,4)(H,5,6). The summed E-state index contributed by atoms with van der Waals surface area (Å²) in [6.45, 7) is 3.25. The van der Waals surface area contributed by atoms with Crippen LogP contribution in [0.15, 0.2) is 23.1 Å². The number of amides is 1. The molecule has 2 fully saturated rings. The van der Waals surface area contributed by atoms with Gasteiger partial charge in [0.15, 0.2) is 0 Å². The number of likely N-dealkylation sites (tertiary alicyclic amines) is 1. The highest BCUT2D eigenvalue weighted by Gasteiger charge is 2.33. The molecule has 0 aliphatic carbocycles. The van der Waals surface area contributed by atoms with Gasteiger partial charge in [-0.1, -0.05) is 5.16 Å². The van der Waals surface area contributed by atoms with Crippen LogP contribution in [0.3, 0.4) is 0 Å². The van der Waals surface area contributed by atoms with Gasteiger partial charge in [0.25, 0.3) is 0 Å². The molecule has 1 unspecified atom stereocenters. The Morgan fingerprint density at radius 2 is 1.97 bits per heavy atom. The number of hydrogen-bond acceptors (Lipinski definition) is 10. The van der Waals surface area contributed by atoms with E-state index in [1.807, 2.05) is 0 Å². The summed E-state index contributed by atoms with van der Waals surface area (Å²) in [6.07, 6.45) is 7.06. The van der Waals surface area contributed by atoms with Crippen molar-refractivity contribution in [3.8, 4) is 11.5 Å². The maximum absolute atomic E-state index is 12.0.